The maximum absolute atomic E-state index is 13.6. The van der Waals surface area contributed by atoms with Gasteiger partial charge < -0.3 is 5.11 Å². The van der Waals surface area contributed by atoms with Crippen LogP contribution in [0.5, 0.6) is 0 Å². The molecule has 0 saturated heterocycles. The first-order chi connectivity index (χ1) is 9.33. The SMILES string of the molecule is Cc1ccc(F)c(NS(=O)(=O)c2cc(CO)sc2Br)c1. The Balaban J connectivity index is 2.40. The van der Waals surface area contributed by atoms with Crippen molar-refractivity contribution in [2.45, 2.75) is 18.4 Å². The van der Waals surface area contributed by atoms with Crippen molar-refractivity contribution in [2.24, 2.45) is 0 Å². The number of hydrogen-bond donors (Lipinski definition) is 2. The molecule has 0 spiro atoms. The smallest absolute Gasteiger partial charge is 0.263 e. The molecule has 2 N–H and O–H groups in total. The van der Waals surface area contributed by atoms with E-state index in [2.05, 4.69) is 20.7 Å². The minimum atomic E-state index is -3.91. The van der Waals surface area contributed by atoms with Crippen LogP contribution in [0.4, 0.5) is 10.1 Å². The van der Waals surface area contributed by atoms with Gasteiger partial charge in [-0.1, -0.05) is 6.07 Å². The van der Waals surface area contributed by atoms with Crippen molar-refractivity contribution in [3.63, 3.8) is 0 Å². The lowest BCUT2D eigenvalue weighted by molar-refractivity contribution is 0.285. The van der Waals surface area contributed by atoms with Gasteiger partial charge >= 0.3 is 0 Å². The van der Waals surface area contributed by atoms with Gasteiger partial charge in [0.2, 0.25) is 0 Å². The second kappa shape index (κ2) is 5.80. The summed E-state index contributed by atoms with van der Waals surface area (Å²) in [6.45, 7) is 1.49. The molecule has 0 bridgehead atoms. The molecule has 1 aromatic carbocycles. The number of aliphatic hydroxyl groups is 1. The summed E-state index contributed by atoms with van der Waals surface area (Å²) in [5, 5.41) is 9.03. The lowest BCUT2D eigenvalue weighted by Gasteiger charge is -2.09. The first-order valence-electron chi connectivity index (χ1n) is 5.51. The van der Waals surface area contributed by atoms with Crippen LogP contribution in [0.3, 0.4) is 0 Å². The lowest BCUT2D eigenvalue weighted by atomic mass is 10.2. The standard InChI is InChI=1S/C12H11BrFNO3S2/c1-7-2-3-9(14)10(4-7)15-20(17,18)11-5-8(6-16)19-12(11)13/h2-5,15-16H,6H2,1H3. The molecule has 0 radical (unpaired) electrons. The molecule has 1 heterocycles. The fourth-order valence-corrected chi connectivity index (χ4v) is 5.18. The van der Waals surface area contributed by atoms with E-state index in [-0.39, 0.29) is 17.2 Å². The number of rotatable bonds is 4. The Labute approximate surface area is 128 Å². The van der Waals surface area contributed by atoms with E-state index in [1.54, 1.807) is 13.0 Å². The third kappa shape index (κ3) is 3.20. The van der Waals surface area contributed by atoms with Crippen LogP contribution in [0, 0.1) is 12.7 Å². The Morgan fingerprint density at radius 2 is 2.10 bits per heavy atom. The zero-order valence-electron chi connectivity index (χ0n) is 10.4. The van der Waals surface area contributed by atoms with Crippen LogP contribution in [0.25, 0.3) is 0 Å². The number of thiophene rings is 1. The largest absolute Gasteiger partial charge is 0.391 e. The van der Waals surface area contributed by atoms with E-state index in [9.17, 15) is 12.8 Å². The number of halogens is 2. The van der Waals surface area contributed by atoms with Gasteiger partial charge in [-0.25, -0.2) is 12.8 Å². The molecule has 0 aliphatic rings. The Hall–Kier alpha value is -0.960. The number of sulfonamides is 1. The van der Waals surface area contributed by atoms with Gasteiger partial charge in [-0.3, -0.25) is 4.72 Å². The molecule has 0 unspecified atom stereocenters. The van der Waals surface area contributed by atoms with E-state index < -0.39 is 15.8 Å². The Morgan fingerprint density at radius 1 is 1.40 bits per heavy atom. The highest BCUT2D eigenvalue weighted by Gasteiger charge is 2.22. The van der Waals surface area contributed by atoms with Crippen LogP contribution in [-0.4, -0.2) is 13.5 Å². The summed E-state index contributed by atoms with van der Waals surface area (Å²) < 4.78 is 40.7. The first kappa shape index (κ1) is 15.4. The van der Waals surface area contributed by atoms with E-state index in [0.717, 1.165) is 16.9 Å². The monoisotopic (exact) mass is 379 g/mol. The van der Waals surface area contributed by atoms with Gasteiger partial charge in [0, 0.05) is 4.88 Å². The molecule has 4 nitrogen and oxygen atoms in total. The summed E-state index contributed by atoms with van der Waals surface area (Å²) >= 11 is 4.25. The van der Waals surface area contributed by atoms with Crippen molar-refractivity contribution in [1.29, 1.82) is 0 Å². The quantitative estimate of drug-likeness (QED) is 0.856. The molecule has 0 atom stereocenters. The topological polar surface area (TPSA) is 66.4 Å². The molecular weight excluding hydrogens is 369 g/mol. The fourth-order valence-electron chi connectivity index (χ4n) is 1.58. The summed E-state index contributed by atoms with van der Waals surface area (Å²) in [5.41, 5.74) is 0.637. The van der Waals surface area contributed by atoms with E-state index in [1.165, 1.54) is 18.2 Å². The van der Waals surface area contributed by atoms with Crippen molar-refractivity contribution in [2.75, 3.05) is 4.72 Å². The molecule has 2 rings (SSSR count). The van der Waals surface area contributed by atoms with Crippen molar-refractivity contribution in [3.8, 4) is 0 Å². The lowest BCUT2D eigenvalue weighted by Crippen LogP contribution is -2.13. The maximum atomic E-state index is 13.6. The van der Waals surface area contributed by atoms with Crippen LogP contribution >= 0.6 is 27.3 Å². The maximum Gasteiger partial charge on any atom is 0.263 e. The van der Waals surface area contributed by atoms with Crippen molar-refractivity contribution < 1.29 is 17.9 Å². The highest BCUT2D eigenvalue weighted by Crippen LogP contribution is 2.33. The number of anilines is 1. The number of aliphatic hydroxyl groups excluding tert-OH is 1. The molecular formula is C12H11BrFNO3S2. The van der Waals surface area contributed by atoms with Crippen molar-refractivity contribution in [1.82, 2.24) is 0 Å². The van der Waals surface area contributed by atoms with Crippen molar-refractivity contribution >= 4 is 43.0 Å². The predicted octanol–water partition coefficient (Wildman–Crippen LogP) is 3.25. The van der Waals surface area contributed by atoms with Gasteiger partial charge in [0.05, 0.1) is 16.1 Å². The van der Waals surface area contributed by atoms with E-state index in [4.69, 9.17) is 5.11 Å². The average Bonchev–Trinajstić information content (AvgIpc) is 2.76. The van der Waals surface area contributed by atoms with E-state index >= 15 is 0 Å². The summed E-state index contributed by atoms with van der Waals surface area (Å²) in [6.07, 6.45) is 0. The molecule has 8 heteroatoms. The van der Waals surface area contributed by atoms with Crippen LogP contribution < -0.4 is 4.72 Å². The second-order valence-corrected chi connectivity index (χ2v) is 8.20. The minimum absolute atomic E-state index is 0.0209. The predicted molar refractivity (Wildman–Crippen MR) is 79.9 cm³/mol. The van der Waals surface area contributed by atoms with E-state index in [1.807, 2.05) is 0 Å². The highest BCUT2D eigenvalue weighted by atomic mass is 79.9. The normalized spacial score (nSPS) is 11.6. The molecule has 2 aromatic rings. The third-order valence-corrected chi connectivity index (χ3v) is 6.12. The Morgan fingerprint density at radius 3 is 2.70 bits per heavy atom. The molecule has 0 fully saturated rings. The van der Waals surface area contributed by atoms with Gasteiger partial charge in [0.15, 0.2) is 0 Å². The highest BCUT2D eigenvalue weighted by molar-refractivity contribution is 9.11. The molecule has 0 aliphatic carbocycles. The molecule has 0 aliphatic heterocycles. The van der Waals surface area contributed by atoms with Gasteiger partial charge in [0.25, 0.3) is 10.0 Å². The number of benzene rings is 1. The summed E-state index contributed by atoms with van der Waals surface area (Å²) in [7, 11) is -3.91. The number of aryl methyl sites for hydroxylation is 1. The van der Waals surface area contributed by atoms with Crippen LogP contribution in [-0.2, 0) is 16.6 Å². The average molecular weight is 380 g/mol. The zero-order chi connectivity index (χ0) is 14.9. The molecule has 1 aromatic heterocycles. The molecule has 108 valence electrons. The van der Waals surface area contributed by atoms with Crippen LogP contribution in [0.15, 0.2) is 32.9 Å². The van der Waals surface area contributed by atoms with E-state index in [0.29, 0.717) is 8.66 Å². The third-order valence-electron chi connectivity index (χ3n) is 2.52. The van der Waals surface area contributed by atoms with Crippen LogP contribution in [0.2, 0.25) is 0 Å². The minimum Gasteiger partial charge on any atom is -0.391 e. The first-order valence-corrected chi connectivity index (χ1v) is 8.61. The molecule has 0 saturated carbocycles. The van der Waals surface area contributed by atoms with Gasteiger partial charge in [0.1, 0.15) is 10.7 Å². The summed E-state index contributed by atoms with van der Waals surface area (Å²) in [5.74, 6) is -0.645. The summed E-state index contributed by atoms with van der Waals surface area (Å²) in [6, 6.07) is 5.53. The number of nitrogens with one attached hydrogen (secondary N) is 1. The zero-order valence-corrected chi connectivity index (χ0v) is 13.6. The Bertz CT molecular complexity index is 743. The Kier molecular flexibility index (Phi) is 4.48. The molecule has 20 heavy (non-hydrogen) atoms. The van der Waals surface area contributed by atoms with Crippen LogP contribution in [0.1, 0.15) is 10.4 Å². The fraction of sp³-hybridized carbons (Fsp3) is 0.167. The number of hydrogen-bond acceptors (Lipinski definition) is 4. The van der Waals surface area contributed by atoms with Crippen molar-refractivity contribution in [3.05, 3.63) is 44.3 Å². The van der Waals surface area contributed by atoms with Gasteiger partial charge in [-0.15, -0.1) is 11.3 Å². The second-order valence-electron chi connectivity index (χ2n) is 4.10. The van der Waals surface area contributed by atoms with Gasteiger partial charge in [-0.05, 0) is 46.6 Å². The van der Waals surface area contributed by atoms with Gasteiger partial charge in [-0.2, -0.15) is 0 Å². The summed E-state index contributed by atoms with van der Waals surface area (Å²) in [4.78, 5) is 0.481. The molecule has 0 amide bonds.